The second-order valence-corrected chi connectivity index (χ2v) is 7.43. The molecule has 1 heteroatoms. The Morgan fingerprint density at radius 1 is 0.786 bits per heavy atom. The highest BCUT2D eigenvalue weighted by Crippen LogP contribution is 2.33. The first-order valence-corrected chi connectivity index (χ1v) is 10.5. The van der Waals surface area contributed by atoms with Crippen molar-refractivity contribution >= 4 is 11.4 Å². The molecule has 28 heavy (non-hydrogen) atoms. The minimum Gasteiger partial charge on any atom is -0.248 e. The molecule has 0 saturated carbocycles. The molecule has 0 heterocycles. The van der Waals surface area contributed by atoms with E-state index in [1.54, 1.807) is 0 Å². The normalized spacial score (nSPS) is 11.8. The zero-order valence-electron chi connectivity index (χ0n) is 17.4. The van der Waals surface area contributed by atoms with Crippen LogP contribution in [-0.4, -0.2) is 5.71 Å². The van der Waals surface area contributed by atoms with E-state index in [4.69, 9.17) is 4.99 Å². The van der Waals surface area contributed by atoms with E-state index in [0.717, 1.165) is 22.5 Å². The standard InChI is InChI=1S/C27H31N/c1-4-6-14-22(5-2)25-19-13-20-26(21(25)3)28-27(23-15-9-7-10-16-23)24-17-11-8-12-18-24/h7-13,15-20,22H,4-6,14H2,1-3H3. The van der Waals surface area contributed by atoms with E-state index in [2.05, 4.69) is 99.6 Å². The predicted molar refractivity (Wildman–Crippen MR) is 122 cm³/mol. The summed E-state index contributed by atoms with van der Waals surface area (Å²) in [5.74, 6) is 0.618. The molecule has 144 valence electrons. The largest absolute Gasteiger partial charge is 0.248 e. The lowest BCUT2D eigenvalue weighted by Crippen LogP contribution is -2.04. The predicted octanol–water partition coefficient (Wildman–Crippen LogP) is 7.85. The number of unbranched alkanes of at least 4 members (excludes halogenated alkanes) is 1. The lowest BCUT2D eigenvalue weighted by atomic mass is 9.88. The Balaban J connectivity index is 2.07. The van der Waals surface area contributed by atoms with Crippen LogP contribution >= 0.6 is 0 Å². The quantitative estimate of drug-likeness (QED) is 0.358. The Hall–Kier alpha value is -2.67. The van der Waals surface area contributed by atoms with Crippen LogP contribution in [0.1, 0.15) is 67.7 Å². The lowest BCUT2D eigenvalue weighted by Gasteiger charge is -2.19. The van der Waals surface area contributed by atoms with Gasteiger partial charge in [0, 0.05) is 11.1 Å². The fourth-order valence-electron chi connectivity index (χ4n) is 3.84. The monoisotopic (exact) mass is 369 g/mol. The van der Waals surface area contributed by atoms with Crippen molar-refractivity contribution in [2.45, 2.75) is 52.4 Å². The zero-order valence-corrected chi connectivity index (χ0v) is 17.4. The van der Waals surface area contributed by atoms with Gasteiger partial charge in [-0.05, 0) is 42.9 Å². The Labute approximate surface area is 170 Å². The van der Waals surface area contributed by atoms with Gasteiger partial charge in [0.25, 0.3) is 0 Å². The fraction of sp³-hybridized carbons (Fsp3) is 0.296. The van der Waals surface area contributed by atoms with Gasteiger partial charge in [0.15, 0.2) is 0 Å². The highest BCUT2D eigenvalue weighted by atomic mass is 14.8. The van der Waals surface area contributed by atoms with E-state index in [-0.39, 0.29) is 0 Å². The molecule has 0 spiro atoms. The van der Waals surface area contributed by atoms with Crippen molar-refractivity contribution in [2.24, 2.45) is 4.99 Å². The minimum absolute atomic E-state index is 0.618. The first-order chi connectivity index (χ1) is 13.7. The Morgan fingerprint density at radius 2 is 1.39 bits per heavy atom. The summed E-state index contributed by atoms with van der Waals surface area (Å²) in [5.41, 5.74) is 7.18. The van der Waals surface area contributed by atoms with Crippen molar-refractivity contribution in [1.82, 2.24) is 0 Å². The highest BCUT2D eigenvalue weighted by Gasteiger charge is 2.14. The molecule has 0 aliphatic heterocycles. The molecule has 0 amide bonds. The van der Waals surface area contributed by atoms with Crippen LogP contribution < -0.4 is 0 Å². The van der Waals surface area contributed by atoms with Crippen LogP contribution in [0.2, 0.25) is 0 Å². The summed E-state index contributed by atoms with van der Waals surface area (Å²) in [4.78, 5) is 5.17. The van der Waals surface area contributed by atoms with E-state index in [1.807, 2.05) is 0 Å². The van der Waals surface area contributed by atoms with Gasteiger partial charge in [-0.15, -0.1) is 0 Å². The van der Waals surface area contributed by atoms with Crippen LogP contribution in [0, 0.1) is 6.92 Å². The molecular formula is C27H31N. The van der Waals surface area contributed by atoms with E-state index in [0.29, 0.717) is 5.92 Å². The molecule has 0 fully saturated rings. The maximum absolute atomic E-state index is 5.17. The second-order valence-electron chi connectivity index (χ2n) is 7.43. The summed E-state index contributed by atoms with van der Waals surface area (Å²) < 4.78 is 0. The molecule has 0 aliphatic carbocycles. The van der Waals surface area contributed by atoms with Crippen molar-refractivity contribution < 1.29 is 0 Å². The van der Waals surface area contributed by atoms with E-state index in [1.165, 1.54) is 36.8 Å². The van der Waals surface area contributed by atoms with Crippen LogP contribution in [0.25, 0.3) is 0 Å². The average Bonchev–Trinajstić information content (AvgIpc) is 2.75. The van der Waals surface area contributed by atoms with E-state index >= 15 is 0 Å². The Kier molecular flexibility index (Phi) is 7.19. The van der Waals surface area contributed by atoms with Crippen molar-refractivity contribution in [3.63, 3.8) is 0 Å². The van der Waals surface area contributed by atoms with Crippen molar-refractivity contribution in [3.05, 3.63) is 101 Å². The number of hydrogen-bond donors (Lipinski definition) is 0. The van der Waals surface area contributed by atoms with Crippen molar-refractivity contribution in [1.29, 1.82) is 0 Å². The molecule has 3 rings (SSSR count). The van der Waals surface area contributed by atoms with Gasteiger partial charge in [0.2, 0.25) is 0 Å². The SMILES string of the molecule is CCCCC(CC)c1cccc(N=C(c2ccccc2)c2ccccc2)c1C. The summed E-state index contributed by atoms with van der Waals surface area (Å²) in [6.45, 7) is 6.80. The van der Waals surface area contributed by atoms with Crippen LogP contribution in [0.3, 0.4) is 0 Å². The molecule has 3 aromatic carbocycles. The molecular weight excluding hydrogens is 338 g/mol. The molecule has 0 aliphatic rings. The Morgan fingerprint density at radius 3 is 1.93 bits per heavy atom. The third kappa shape index (κ3) is 4.78. The fourth-order valence-corrected chi connectivity index (χ4v) is 3.84. The average molecular weight is 370 g/mol. The van der Waals surface area contributed by atoms with Gasteiger partial charge in [0.05, 0.1) is 11.4 Å². The molecule has 1 unspecified atom stereocenters. The summed E-state index contributed by atoms with van der Waals surface area (Å²) in [6.07, 6.45) is 4.97. The van der Waals surface area contributed by atoms with Gasteiger partial charge in [0.1, 0.15) is 0 Å². The van der Waals surface area contributed by atoms with Crippen LogP contribution in [0.4, 0.5) is 5.69 Å². The maximum atomic E-state index is 5.17. The van der Waals surface area contributed by atoms with Gasteiger partial charge in [-0.1, -0.05) is 99.5 Å². The van der Waals surface area contributed by atoms with E-state index < -0.39 is 0 Å². The van der Waals surface area contributed by atoms with Gasteiger partial charge >= 0.3 is 0 Å². The third-order valence-corrected chi connectivity index (χ3v) is 5.51. The lowest BCUT2D eigenvalue weighted by molar-refractivity contribution is 0.567. The van der Waals surface area contributed by atoms with Crippen LogP contribution in [0.5, 0.6) is 0 Å². The van der Waals surface area contributed by atoms with E-state index in [9.17, 15) is 0 Å². The zero-order chi connectivity index (χ0) is 19.8. The molecule has 0 aromatic heterocycles. The van der Waals surface area contributed by atoms with Crippen molar-refractivity contribution in [2.75, 3.05) is 0 Å². The molecule has 3 aromatic rings. The topological polar surface area (TPSA) is 12.4 Å². The maximum Gasteiger partial charge on any atom is 0.0781 e. The summed E-state index contributed by atoms with van der Waals surface area (Å²) in [6, 6.07) is 27.6. The molecule has 0 N–H and O–H groups in total. The number of nitrogens with zero attached hydrogens (tertiary/aromatic N) is 1. The van der Waals surface area contributed by atoms with Gasteiger partial charge < -0.3 is 0 Å². The third-order valence-electron chi connectivity index (χ3n) is 5.51. The number of hydrogen-bond acceptors (Lipinski definition) is 1. The minimum atomic E-state index is 0.618. The molecule has 0 bridgehead atoms. The first kappa shape index (κ1) is 20.1. The molecule has 1 atom stereocenters. The van der Waals surface area contributed by atoms with Crippen LogP contribution in [-0.2, 0) is 0 Å². The summed E-state index contributed by atoms with van der Waals surface area (Å²) >= 11 is 0. The summed E-state index contributed by atoms with van der Waals surface area (Å²) in [5, 5.41) is 0. The van der Waals surface area contributed by atoms with Crippen molar-refractivity contribution in [3.8, 4) is 0 Å². The van der Waals surface area contributed by atoms with Crippen LogP contribution in [0.15, 0.2) is 83.9 Å². The first-order valence-electron chi connectivity index (χ1n) is 10.5. The molecule has 0 radical (unpaired) electrons. The van der Waals surface area contributed by atoms with Gasteiger partial charge in [-0.25, -0.2) is 4.99 Å². The highest BCUT2D eigenvalue weighted by molar-refractivity contribution is 6.14. The molecule has 1 nitrogen and oxygen atoms in total. The van der Waals surface area contributed by atoms with Gasteiger partial charge in [-0.3, -0.25) is 0 Å². The Bertz CT molecular complexity index is 853. The smallest absolute Gasteiger partial charge is 0.0781 e. The summed E-state index contributed by atoms with van der Waals surface area (Å²) in [7, 11) is 0. The number of rotatable bonds is 8. The molecule has 0 saturated heterocycles. The van der Waals surface area contributed by atoms with Gasteiger partial charge in [-0.2, -0.15) is 0 Å². The second kappa shape index (κ2) is 10.0. The number of aliphatic imine (C=N–C) groups is 1. The number of benzene rings is 3.